The van der Waals surface area contributed by atoms with Crippen molar-refractivity contribution < 1.29 is 4.74 Å². The van der Waals surface area contributed by atoms with Crippen LogP contribution in [0.1, 0.15) is 19.4 Å². The number of ether oxygens (including phenoxy) is 1. The van der Waals surface area contributed by atoms with Gasteiger partial charge in [-0.15, -0.1) is 0 Å². The predicted octanol–water partition coefficient (Wildman–Crippen LogP) is 1.67. The molecule has 100 valence electrons. The molecule has 0 aliphatic carbocycles. The van der Waals surface area contributed by atoms with Crippen LogP contribution in [0.4, 0.5) is 0 Å². The lowest BCUT2D eigenvalue weighted by molar-refractivity contribution is -0.0960. The Morgan fingerprint density at radius 2 is 2.06 bits per heavy atom. The van der Waals surface area contributed by atoms with Crippen molar-refractivity contribution in [3.63, 3.8) is 0 Å². The molecule has 1 fully saturated rings. The van der Waals surface area contributed by atoms with Gasteiger partial charge in [-0.25, -0.2) is 0 Å². The molecule has 0 spiro atoms. The van der Waals surface area contributed by atoms with Crippen LogP contribution < -0.4 is 5.73 Å². The van der Waals surface area contributed by atoms with E-state index in [-0.39, 0.29) is 5.60 Å². The normalized spacial score (nSPS) is 21.7. The molecule has 0 aromatic heterocycles. The molecule has 1 aliphatic rings. The molecule has 0 saturated carbocycles. The molecule has 0 radical (unpaired) electrons. The number of hydrogen-bond donors (Lipinski definition) is 1. The van der Waals surface area contributed by atoms with Crippen molar-refractivity contribution in [2.24, 2.45) is 5.73 Å². The molecule has 3 nitrogen and oxygen atoms in total. The molecule has 1 heterocycles. The number of hydrogen-bond acceptors (Lipinski definition) is 3. The number of nitrogens with zero attached hydrogens (tertiary/aromatic N) is 1. The first-order valence-electron chi connectivity index (χ1n) is 6.73. The molecule has 1 unspecified atom stereocenters. The smallest absolute Gasteiger partial charge is 0.0753 e. The number of rotatable bonds is 4. The minimum atomic E-state index is -0.0532. The van der Waals surface area contributed by atoms with E-state index in [1.54, 1.807) is 0 Å². The first-order valence-corrected chi connectivity index (χ1v) is 6.73. The maximum absolute atomic E-state index is 5.96. The van der Waals surface area contributed by atoms with Gasteiger partial charge in [-0.05, 0) is 25.8 Å². The summed E-state index contributed by atoms with van der Waals surface area (Å²) < 4.78 is 5.76. The maximum Gasteiger partial charge on any atom is 0.0753 e. The molecule has 18 heavy (non-hydrogen) atoms. The van der Waals surface area contributed by atoms with Crippen molar-refractivity contribution in [1.82, 2.24) is 4.90 Å². The van der Waals surface area contributed by atoms with Crippen molar-refractivity contribution in [2.45, 2.75) is 31.9 Å². The van der Waals surface area contributed by atoms with Crippen LogP contribution in [0.5, 0.6) is 0 Å². The molecule has 2 N–H and O–H groups in total. The standard InChI is InChI=1S/C15H24N2O/c1-15(2)12-17(8-9-18-15)14(11-16)10-13-6-4-3-5-7-13/h3-7,14H,8-12,16H2,1-2H3. The number of benzene rings is 1. The molecule has 1 aromatic carbocycles. The van der Waals surface area contributed by atoms with Gasteiger partial charge in [0.15, 0.2) is 0 Å². The minimum Gasteiger partial charge on any atom is -0.373 e. The fourth-order valence-electron chi connectivity index (χ4n) is 2.61. The maximum atomic E-state index is 5.96. The molecule has 0 amide bonds. The molecule has 1 aliphatic heterocycles. The van der Waals surface area contributed by atoms with E-state index in [2.05, 4.69) is 49.1 Å². The van der Waals surface area contributed by atoms with Gasteiger partial charge >= 0.3 is 0 Å². The van der Waals surface area contributed by atoms with Gasteiger partial charge in [0.25, 0.3) is 0 Å². The summed E-state index contributed by atoms with van der Waals surface area (Å²) in [6.07, 6.45) is 1.02. The highest BCUT2D eigenvalue weighted by Gasteiger charge is 2.30. The molecule has 2 rings (SSSR count). The summed E-state index contributed by atoms with van der Waals surface area (Å²) in [5.41, 5.74) is 7.26. The molecule has 1 aromatic rings. The third-order valence-electron chi connectivity index (χ3n) is 3.56. The van der Waals surface area contributed by atoms with E-state index in [1.165, 1.54) is 5.56 Å². The Hall–Kier alpha value is -0.900. The summed E-state index contributed by atoms with van der Waals surface area (Å²) >= 11 is 0. The van der Waals surface area contributed by atoms with E-state index in [1.807, 2.05) is 0 Å². The van der Waals surface area contributed by atoms with Gasteiger partial charge in [-0.1, -0.05) is 30.3 Å². The van der Waals surface area contributed by atoms with E-state index < -0.39 is 0 Å². The Bertz CT molecular complexity index is 364. The molecule has 0 bridgehead atoms. The van der Waals surface area contributed by atoms with Crippen molar-refractivity contribution in [1.29, 1.82) is 0 Å². The zero-order chi connectivity index (χ0) is 13.0. The monoisotopic (exact) mass is 248 g/mol. The van der Waals surface area contributed by atoms with Gasteiger partial charge in [0.2, 0.25) is 0 Å². The molecule has 1 atom stereocenters. The van der Waals surface area contributed by atoms with Crippen LogP contribution in [-0.4, -0.2) is 42.8 Å². The zero-order valence-corrected chi connectivity index (χ0v) is 11.4. The Labute approximate surface area is 110 Å². The SMILES string of the molecule is CC1(C)CN(C(CN)Cc2ccccc2)CCO1. The van der Waals surface area contributed by atoms with E-state index >= 15 is 0 Å². The summed E-state index contributed by atoms with van der Waals surface area (Å²) in [5.74, 6) is 0. The summed E-state index contributed by atoms with van der Waals surface area (Å²) in [7, 11) is 0. The van der Waals surface area contributed by atoms with Crippen molar-refractivity contribution >= 4 is 0 Å². The fourth-order valence-corrected chi connectivity index (χ4v) is 2.61. The summed E-state index contributed by atoms with van der Waals surface area (Å²) in [6, 6.07) is 11.0. The molecule has 3 heteroatoms. The van der Waals surface area contributed by atoms with Crippen LogP contribution >= 0.6 is 0 Å². The minimum absolute atomic E-state index is 0.0532. The van der Waals surface area contributed by atoms with E-state index in [9.17, 15) is 0 Å². The average Bonchev–Trinajstić information content (AvgIpc) is 2.36. The lowest BCUT2D eigenvalue weighted by atomic mass is 10.0. The first kappa shape index (κ1) is 13.5. The number of morpholine rings is 1. The molecular formula is C15H24N2O. The molecule has 1 saturated heterocycles. The Balaban J connectivity index is 2.00. The van der Waals surface area contributed by atoms with Crippen molar-refractivity contribution in [2.75, 3.05) is 26.2 Å². The molecular weight excluding hydrogens is 224 g/mol. The largest absolute Gasteiger partial charge is 0.373 e. The highest BCUT2D eigenvalue weighted by Crippen LogP contribution is 2.19. The third-order valence-corrected chi connectivity index (χ3v) is 3.56. The summed E-state index contributed by atoms with van der Waals surface area (Å²) in [4.78, 5) is 2.47. The second-order valence-electron chi connectivity index (χ2n) is 5.66. The van der Waals surface area contributed by atoms with E-state index in [0.29, 0.717) is 12.6 Å². The summed E-state index contributed by atoms with van der Waals surface area (Å²) in [5, 5.41) is 0. The van der Waals surface area contributed by atoms with E-state index in [0.717, 1.165) is 26.1 Å². The van der Waals surface area contributed by atoms with Crippen LogP contribution in [0.2, 0.25) is 0 Å². The van der Waals surface area contributed by atoms with Crippen LogP contribution in [0.3, 0.4) is 0 Å². The second kappa shape index (κ2) is 5.83. The van der Waals surface area contributed by atoms with Gasteiger partial charge in [0, 0.05) is 25.7 Å². The van der Waals surface area contributed by atoms with Gasteiger partial charge in [-0.3, -0.25) is 4.90 Å². The first-order chi connectivity index (χ1) is 8.61. The fraction of sp³-hybridized carbons (Fsp3) is 0.600. The van der Waals surface area contributed by atoms with Gasteiger partial charge < -0.3 is 10.5 Å². The number of nitrogens with two attached hydrogens (primary N) is 1. The Morgan fingerprint density at radius 1 is 1.33 bits per heavy atom. The second-order valence-corrected chi connectivity index (χ2v) is 5.66. The highest BCUT2D eigenvalue weighted by atomic mass is 16.5. The van der Waals surface area contributed by atoms with Crippen molar-refractivity contribution in [3.8, 4) is 0 Å². The van der Waals surface area contributed by atoms with Crippen LogP contribution in [0, 0.1) is 0 Å². The van der Waals surface area contributed by atoms with Crippen LogP contribution in [0.25, 0.3) is 0 Å². The highest BCUT2D eigenvalue weighted by molar-refractivity contribution is 5.16. The van der Waals surface area contributed by atoms with Gasteiger partial charge in [0.1, 0.15) is 0 Å². The predicted molar refractivity (Wildman–Crippen MR) is 74.6 cm³/mol. The average molecular weight is 248 g/mol. The Kier molecular flexibility index (Phi) is 4.38. The van der Waals surface area contributed by atoms with Crippen LogP contribution in [-0.2, 0) is 11.2 Å². The zero-order valence-electron chi connectivity index (χ0n) is 11.4. The summed E-state index contributed by atoms with van der Waals surface area (Å²) in [6.45, 7) is 7.74. The lowest BCUT2D eigenvalue weighted by Crippen LogP contribution is -2.54. The third kappa shape index (κ3) is 3.55. The van der Waals surface area contributed by atoms with E-state index in [4.69, 9.17) is 10.5 Å². The van der Waals surface area contributed by atoms with Crippen molar-refractivity contribution in [3.05, 3.63) is 35.9 Å². The lowest BCUT2D eigenvalue weighted by Gasteiger charge is -2.42. The van der Waals surface area contributed by atoms with Crippen LogP contribution in [0.15, 0.2) is 30.3 Å². The Morgan fingerprint density at radius 3 is 2.67 bits per heavy atom. The topological polar surface area (TPSA) is 38.5 Å². The van der Waals surface area contributed by atoms with Gasteiger partial charge in [0.05, 0.1) is 12.2 Å². The van der Waals surface area contributed by atoms with Gasteiger partial charge in [-0.2, -0.15) is 0 Å². The quantitative estimate of drug-likeness (QED) is 0.881.